The van der Waals surface area contributed by atoms with Gasteiger partial charge in [0.25, 0.3) is 0 Å². The maximum absolute atomic E-state index is 6.17. The molecule has 0 fully saturated rings. The number of benzene rings is 1. The Bertz CT molecular complexity index is 933. The smallest absolute Gasteiger partial charge is 0.144 e. The first-order valence-corrected chi connectivity index (χ1v) is 9.06. The first-order chi connectivity index (χ1) is 12.2. The van der Waals surface area contributed by atoms with Crippen LogP contribution in [0.3, 0.4) is 0 Å². The van der Waals surface area contributed by atoms with E-state index in [-0.39, 0.29) is 2.85 Å². The molecule has 3 heterocycles. The number of anilines is 1. The van der Waals surface area contributed by atoms with Crippen LogP contribution < -0.4 is 10.9 Å². The standard InChI is InChI=1S/C18H17BN4.C2H6.2H2/c1-23-17-16(22-23)15-14(21-18(17)19)12-9-5-8-11(12)13(20-15)10-6-3-2-4-7-10;1-2;;/h2-7,9,11-13,20,22H,8H2,1H3;1-2H3;2*1H. The van der Waals surface area contributed by atoms with Crippen molar-refractivity contribution in [2.24, 2.45) is 13.0 Å². The van der Waals surface area contributed by atoms with Gasteiger partial charge in [0.15, 0.2) is 0 Å². The SMILES string of the molecule is CC.[B]c1nc2c(c3[nH]n(C)c13)NC(c1ccccc1)C1CC=CC21.[HH].[HH]. The van der Waals surface area contributed by atoms with Crippen LogP contribution in [-0.2, 0) is 7.05 Å². The van der Waals surface area contributed by atoms with E-state index in [0.29, 0.717) is 23.5 Å². The highest BCUT2D eigenvalue weighted by Crippen LogP contribution is 2.50. The van der Waals surface area contributed by atoms with Crippen molar-refractivity contribution in [3.8, 4) is 0 Å². The van der Waals surface area contributed by atoms with Crippen molar-refractivity contribution < 1.29 is 2.85 Å². The van der Waals surface area contributed by atoms with E-state index in [2.05, 4.69) is 52.9 Å². The summed E-state index contributed by atoms with van der Waals surface area (Å²) in [4.78, 5) is 4.73. The van der Waals surface area contributed by atoms with Crippen LogP contribution in [0.5, 0.6) is 0 Å². The number of hydrogen-bond donors (Lipinski definition) is 2. The Labute approximate surface area is 152 Å². The zero-order valence-electron chi connectivity index (χ0n) is 15.0. The van der Waals surface area contributed by atoms with E-state index in [1.807, 2.05) is 25.6 Å². The summed E-state index contributed by atoms with van der Waals surface area (Å²) in [7, 11) is 8.13. The van der Waals surface area contributed by atoms with Crippen LogP contribution in [-0.4, -0.2) is 22.6 Å². The number of H-pyrrole nitrogens is 1. The Morgan fingerprint density at radius 1 is 1.24 bits per heavy atom. The highest BCUT2D eigenvalue weighted by molar-refractivity contribution is 6.37. The second-order valence-electron chi connectivity index (χ2n) is 6.54. The second-order valence-corrected chi connectivity index (χ2v) is 6.54. The average Bonchev–Trinajstić information content (AvgIpc) is 3.12. The number of hydrogen-bond acceptors (Lipinski definition) is 2. The minimum absolute atomic E-state index is 0. The molecule has 5 heteroatoms. The third kappa shape index (κ3) is 2.33. The fourth-order valence-electron chi connectivity index (χ4n) is 4.18. The zero-order valence-corrected chi connectivity index (χ0v) is 15.0. The molecule has 1 aliphatic heterocycles. The van der Waals surface area contributed by atoms with Gasteiger partial charge in [0, 0.05) is 21.4 Å². The minimum atomic E-state index is 0. The van der Waals surface area contributed by atoms with Gasteiger partial charge in [-0.05, 0) is 17.9 Å². The molecule has 2 N–H and O–H groups in total. The van der Waals surface area contributed by atoms with Gasteiger partial charge < -0.3 is 5.32 Å². The molecule has 2 radical (unpaired) electrons. The summed E-state index contributed by atoms with van der Waals surface area (Å²) >= 11 is 0. The number of aromatic nitrogens is 3. The van der Waals surface area contributed by atoms with Gasteiger partial charge in [-0.15, -0.1) is 0 Å². The number of nitrogens with zero attached hydrogens (tertiary/aromatic N) is 2. The number of aromatic amines is 1. The summed E-state index contributed by atoms with van der Waals surface area (Å²) in [5, 5.41) is 7.08. The first kappa shape index (κ1) is 16.1. The van der Waals surface area contributed by atoms with Crippen molar-refractivity contribution in [3.05, 3.63) is 53.7 Å². The lowest BCUT2D eigenvalue weighted by Crippen LogP contribution is -2.34. The molecule has 2 aromatic heterocycles. The molecule has 3 unspecified atom stereocenters. The maximum atomic E-state index is 6.17. The van der Waals surface area contributed by atoms with Crippen molar-refractivity contribution in [2.45, 2.75) is 32.2 Å². The molecule has 0 bridgehead atoms. The Balaban J connectivity index is 0.000000634. The highest BCUT2D eigenvalue weighted by atomic mass is 15.3. The molecule has 25 heavy (non-hydrogen) atoms. The van der Waals surface area contributed by atoms with Crippen molar-refractivity contribution in [3.63, 3.8) is 0 Å². The molecule has 3 aromatic rings. The predicted molar refractivity (Wildman–Crippen MR) is 109 cm³/mol. The highest BCUT2D eigenvalue weighted by Gasteiger charge is 2.40. The van der Waals surface area contributed by atoms with E-state index in [4.69, 9.17) is 12.8 Å². The number of aryl methyl sites for hydroxylation is 1. The third-order valence-corrected chi connectivity index (χ3v) is 5.26. The van der Waals surface area contributed by atoms with Crippen molar-refractivity contribution in [2.75, 3.05) is 5.32 Å². The summed E-state index contributed by atoms with van der Waals surface area (Å²) in [5.41, 5.74) is 6.19. The van der Waals surface area contributed by atoms with Gasteiger partial charge in [0.05, 0.1) is 22.9 Å². The Morgan fingerprint density at radius 3 is 2.72 bits per heavy atom. The maximum Gasteiger partial charge on any atom is 0.144 e. The van der Waals surface area contributed by atoms with Gasteiger partial charge in [-0.25, -0.2) is 0 Å². The quantitative estimate of drug-likeness (QED) is 0.521. The summed E-state index contributed by atoms with van der Waals surface area (Å²) in [5.74, 6) is 0.824. The topological polar surface area (TPSA) is 45.6 Å². The number of allylic oxidation sites excluding steroid dienone is 2. The van der Waals surface area contributed by atoms with E-state index < -0.39 is 0 Å². The summed E-state index contributed by atoms with van der Waals surface area (Å²) in [6, 6.07) is 11.0. The Kier molecular flexibility index (Phi) is 3.94. The minimum Gasteiger partial charge on any atom is -0.375 e. The molecule has 3 atom stereocenters. The normalized spacial score (nSPS) is 23.6. The van der Waals surface area contributed by atoms with Crippen LogP contribution in [0.2, 0.25) is 0 Å². The van der Waals surface area contributed by atoms with Crippen molar-refractivity contribution in [1.29, 1.82) is 0 Å². The zero-order chi connectivity index (χ0) is 17.6. The van der Waals surface area contributed by atoms with E-state index in [0.717, 1.165) is 28.8 Å². The molecule has 4 nitrogen and oxygen atoms in total. The number of pyridine rings is 1. The molecule has 5 rings (SSSR count). The molecule has 1 aliphatic carbocycles. The third-order valence-electron chi connectivity index (χ3n) is 5.26. The molecular formula is C20H27BN4. The molecule has 0 amide bonds. The van der Waals surface area contributed by atoms with Crippen molar-refractivity contribution in [1.82, 2.24) is 14.8 Å². The van der Waals surface area contributed by atoms with E-state index in [1.165, 1.54) is 5.56 Å². The van der Waals surface area contributed by atoms with E-state index >= 15 is 0 Å². The largest absolute Gasteiger partial charge is 0.375 e. The fraction of sp³-hybridized carbons (Fsp3) is 0.350. The lowest BCUT2D eigenvalue weighted by molar-refractivity contribution is 0.420. The molecule has 0 spiro atoms. The van der Waals surface area contributed by atoms with Crippen LogP contribution >= 0.6 is 0 Å². The number of nitrogens with one attached hydrogen (secondary N) is 2. The molecule has 1 aromatic carbocycles. The average molecular weight is 334 g/mol. The summed E-state index contributed by atoms with van der Waals surface area (Å²) in [6.45, 7) is 4.00. The number of fused-ring (bicyclic) bond motifs is 5. The summed E-state index contributed by atoms with van der Waals surface area (Å²) < 4.78 is 1.92. The van der Waals surface area contributed by atoms with E-state index in [9.17, 15) is 0 Å². The molecule has 0 saturated heterocycles. The molecule has 2 aliphatic rings. The first-order valence-electron chi connectivity index (χ1n) is 9.06. The van der Waals surface area contributed by atoms with Crippen LogP contribution in [0.15, 0.2) is 42.5 Å². The van der Waals surface area contributed by atoms with Gasteiger partial charge in [-0.2, -0.15) is 0 Å². The second kappa shape index (κ2) is 6.14. The monoisotopic (exact) mass is 334 g/mol. The fourth-order valence-corrected chi connectivity index (χ4v) is 4.18. The van der Waals surface area contributed by atoms with Gasteiger partial charge in [0.2, 0.25) is 0 Å². The van der Waals surface area contributed by atoms with Crippen LogP contribution in [0, 0.1) is 5.92 Å². The Hall–Kier alpha value is -2.43. The lowest BCUT2D eigenvalue weighted by atomic mass is 9.78. The molecule has 130 valence electrons. The molecule has 0 saturated carbocycles. The van der Waals surface area contributed by atoms with Gasteiger partial charge in [0.1, 0.15) is 13.4 Å². The van der Waals surface area contributed by atoms with Crippen LogP contribution in [0.25, 0.3) is 11.0 Å². The summed E-state index contributed by atoms with van der Waals surface area (Å²) in [6.07, 6.45) is 5.64. The van der Waals surface area contributed by atoms with Gasteiger partial charge in [-0.1, -0.05) is 56.3 Å². The van der Waals surface area contributed by atoms with Crippen LogP contribution in [0.1, 0.15) is 46.3 Å². The van der Waals surface area contributed by atoms with E-state index in [1.54, 1.807) is 0 Å². The lowest BCUT2D eigenvalue weighted by Gasteiger charge is -2.38. The van der Waals surface area contributed by atoms with Crippen LogP contribution in [0.4, 0.5) is 5.69 Å². The van der Waals surface area contributed by atoms with Gasteiger partial charge in [-0.3, -0.25) is 14.8 Å². The van der Waals surface area contributed by atoms with Crippen molar-refractivity contribution >= 4 is 30.2 Å². The number of rotatable bonds is 1. The predicted octanol–water partition coefficient (Wildman–Crippen LogP) is 4.04. The Morgan fingerprint density at radius 2 is 2.00 bits per heavy atom. The molecular weight excluding hydrogens is 307 g/mol. The van der Waals surface area contributed by atoms with Gasteiger partial charge >= 0.3 is 0 Å².